The van der Waals surface area contributed by atoms with Crippen LogP contribution in [-0.2, 0) is 0 Å². The number of pyridine rings is 1. The van der Waals surface area contributed by atoms with Crippen molar-refractivity contribution in [3.05, 3.63) is 27.9 Å². The number of rotatable bonds is 4. The van der Waals surface area contributed by atoms with Gasteiger partial charge in [0.25, 0.3) is 5.82 Å². The number of H-pyrrole nitrogens is 1. The molecule has 0 spiro atoms. The standard InChI is InChI=1S/C10H15N3O3/c1-7-4-9(12-10(2,3)6-14)11-5-8(7)13(15)16/h4-5,14H,6H2,1-3H3,(H,11,12)/p+1. The minimum Gasteiger partial charge on any atom is -0.392 e. The monoisotopic (exact) mass is 226 g/mol. The van der Waals surface area contributed by atoms with E-state index in [0.29, 0.717) is 11.4 Å². The molecule has 0 aliphatic rings. The summed E-state index contributed by atoms with van der Waals surface area (Å²) in [4.78, 5) is 12.9. The highest BCUT2D eigenvalue weighted by molar-refractivity contribution is 5.43. The van der Waals surface area contributed by atoms with Gasteiger partial charge in [-0.25, -0.2) is 4.98 Å². The van der Waals surface area contributed by atoms with Crippen LogP contribution in [0.25, 0.3) is 0 Å². The summed E-state index contributed by atoms with van der Waals surface area (Å²) in [6, 6.07) is 1.65. The number of hydrogen-bond acceptors (Lipinski definition) is 4. The third-order valence-electron chi connectivity index (χ3n) is 2.19. The van der Waals surface area contributed by atoms with E-state index in [2.05, 4.69) is 10.3 Å². The van der Waals surface area contributed by atoms with Gasteiger partial charge >= 0.3 is 5.69 Å². The first-order valence-electron chi connectivity index (χ1n) is 4.91. The van der Waals surface area contributed by atoms with Gasteiger partial charge in [0, 0.05) is 11.6 Å². The van der Waals surface area contributed by atoms with Crippen LogP contribution in [0, 0.1) is 17.0 Å². The molecule has 0 aliphatic heterocycles. The summed E-state index contributed by atoms with van der Waals surface area (Å²) in [6.07, 6.45) is 1.34. The van der Waals surface area contributed by atoms with E-state index in [0.717, 1.165) is 0 Å². The second-order valence-electron chi connectivity index (χ2n) is 4.34. The van der Waals surface area contributed by atoms with Crippen LogP contribution in [0.5, 0.6) is 0 Å². The van der Waals surface area contributed by atoms with Crippen molar-refractivity contribution < 1.29 is 15.0 Å². The zero-order valence-electron chi connectivity index (χ0n) is 9.57. The fourth-order valence-corrected chi connectivity index (χ4v) is 1.27. The minimum absolute atomic E-state index is 0.0309. The highest BCUT2D eigenvalue weighted by Gasteiger charge is 2.23. The Morgan fingerprint density at radius 3 is 2.69 bits per heavy atom. The average Bonchev–Trinajstić information content (AvgIpc) is 2.16. The average molecular weight is 226 g/mol. The molecule has 0 atom stereocenters. The summed E-state index contributed by atoms with van der Waals surface area (Å²) < 4.78 is 0. The third kappa shape index (κ3) is 2.90. The summed E-state index contributed by atoms with van der Waals surface area (Å²) in [7, 11) is 0. The molecule has 0 saturated heterocycles. The van der Waals surface area contributed by atoms with Gasteiger partial charge in [-0.05, 0) is 20.8 Å². The fraction of sp³-hybridized carbons (Fsp3) is 0.500. The molecule has 0 radical (unpaired) electrons. The summed E-state index contributed by atoms with van der Waals surface area (Å²) in [5.74, 6) is 0.641. The summed E-state index contributed by atoms with van der Waals surface area (Å²) >= 11 is 0. The highest BCUT2D eigenvalue weighted by Crippen LogP contribution is 2.18. The largest absolute Gasteiger partial charge is 0.392 e. The van der Waals surface area contributed by atoms with E-state index in [4.69, 9.17) is 5.11 Å². The van der Waals surface area contributed by atoms with E-state index >= 15 is 0 Å². The predicted molar refractivity (Wildman–Crippen MR) is 59.2 cm³/mol. The van der Waals surface area contributed by atoms with Crippen LogP contribution >= 0.6 is 0 Å². The molecule has 0 amide bonds. The normalized spacial score (nSPS) is 11.2. The lowest BCUT2D eigenvalue weighted by molar-refractivity contribution is -0.414. The van der Waals surface area contributed by atoms with E-state index in [-0.39, 0.29) is 12.3 Å². The van der Waals surface area contributed by atoms with Crippen molar-refractivity contribution in [1.82, 2.24) is 0 Å². The quantitative estimate of drug-likeness (QED) is 0.589. The molecule has 0 bridgehead atoms. The molecule has 6 nitrogen and oxygen atoms in total. The molecule has 16 heavy (non-hydrogen) atoms. The Balaban J connectivity index is 2.94. The van der Waals surface area contributed by atoms with Crippen molar-refractivity contribution in [3.8, 4) is 0 Å². The van der Waals surface area contributed by atoms with Crippen molar-refractivity contribution in [1.29, 1.82) is 0 Å². The van der Waals surface area contributed by atoms with Gasteiger partial charge in [0.2, 0.25) is 0 Å². The van der Waals surface area contributed by atoms with Gasteiger partial charge in [0.15, 0.2) is 6.20 Å². The molecule has 0 aromatic carbocycles. The topological polar surface area (TPSA) is 89.5 Å². The van der Waals surface area contributed by atoms with Crippen LogP contribution < -0.4 is 10.3 Å². The van der Waals surface area contributed by atoms with Gasteiger partial charge in [0.05, 0.1) is 11.5 Å². The first kappa shape index (κ1) is 12.4. The zero-order chi connectivity index (χ0) is 12.3. The third-order valence-corrected chi connectivity index (χ3v) is 2.19. The second kappa shape index (κ2) is 4.44. The number of nitrogens with one attached hydrogen (secondary N) is 2. The first-order valence-corrected chi connectivity index (χ1v) is 4.91. The minimum atomic E-state index is -0.473. The van der Waals surface area contributed by atoms with Crippen molar-refractivity contribution in [3.63, 3.8) is 0 Å². The second-order valence-corrected chi connectivity index (χ2v) is 4.34. The Kier molecular flexibility index (Phi) is 3.44. The Labute approximate surface area is 93.5 Å². The SMILES string of the molecule is Cc1cc(NC(C)(C)CO)[nH+]cc1[N+](=O)[O-]. The van der Waals surface area contributed by atoms with Crippen molar-refractivity contribution in [2.45, 2.75) is 26.3 Å². The maximum atomic E-state index is 10.6. The van der Waals surface area contributed by atoms with Crippen LogP contribution in [-0.4, -0.2) is 22.2 Å². The maximum Gasteiger partial charge on any atom is 0.311 e. The van der Waals surface area contributed by atoms with Crippen LogP contribution in [0.2, 0.25) is 0 Å². The Morgan fingerprint density at radius 2 is 2.25 bits per heavy atom. The molecule has 1 rings (SSSR count). The number of aromatic nitrogens is 1. The molecule has 0 unspecified atom stereocenters. The molecular formula is C10H16N3O3+. The Hall–Kier alpha value is -1.69. The highest BCUT2D eigenvalue weighted by atomic mass is 16.6. The van der Waals surface area contributed by atoms with Crippen LogP contribution in [0.15, 0.2) is 12.3 Å². The lowest BCUT2D eigenvalue weighted by Crippen LogP contribution is -2.37. The maximum absolute atomic E-state index is 10.6. The van der Waals surface area contributed by atoms with E-state index in [1.165, 1.54) is 6.20 Å². The predicted octanol–water partition coefficient (Wildman–Crippen LogP) is 0.900. The van der Waals surface area contributed by atoms with E-state index in [1.54, 1.807) is 13.0 Å². The number of aliphatic hydroxyl groups is 1. The molecule has 6 heteroatoms. The number of nitro groups is 1. The van der Waals surface area contributed by atoms with E-state index in [9.17, 15) is 10.1 Å². The number of aryl methyl sites for hydroxylation is 1. The van der Waals surface area contributed by atoms with Crippen LogP contribution in [0.4, 0.5) is 11.5 Å². The van der Waals surface area contributed by atoms with Gasteiger partial charge in [-0.15, -0.1) is 0 Å². The van der Waals surface area contributed by atoms with Crippen molar-refractivity contribution >= 4 is 11.5 Å². The summed E-state index contributed by atoms with van der Waals surface area (Å²) in [5, 5.41) is 22.7. The van der Waals surface area contributed by atoms with Crippen LogP contribution in [0.1, 0.15) is 19.4 Å². The molecule has 0 fully saturated rings. The molecule has 3 N–H and O–H groups in total. The van der Waals surface area contributed by atoms with Gasteiger partial charge in [0.1, 0.15) is 5.54 Å². The molecular weight excluding hydrogens is 210 g/mol. The molecule has 0 aliphatic carbocycles. The fourth-order valence-electron chi connectivity index (χ4n) is 1.27. The number of anilines is 1. The molecule has 1 aromatic rings. The van der Waals surface area contributed by atoms with Gasteiger partial charge in [-0.1, -0.05) is 0 Å². The zero-order valence-corrected chi connectivity index (χ0v) is 9.57. The van der Waals surface area contributed by atoms with E-state index < -0.39 is 10.5 Å². The van der Waals surface area contributed by atoms with E-state index in [1.807, 2.05) is 13.8 Å². The molecule has 0 saturated carbocycles. The van der Waals surface area contributed by atoms with Crippen molar-refractivity contribution in [2.24, 2.45) is 0 Å². The first-order chi connectivity index (χ1) is 7.35. The smallest absolute Gasteiger partial charge is 0.311 e. The number of aliphatic hydroxyl groups excluding tert-OH is 1. The Morgan fingerprint density at radius 1 is 1.62 bits per heavy atom. The number of hydrogen-bond donors (Lipinski definition) is 2. The lowest BCUT2D eigenvalue weighted by Gasteiger charge is -2.17. The summed E-state index contributed by atoms with van der Waals surface area (Å²) in [5.41, 5.74) is 0.145. The lowest BCUT2D eigenvalue weighted by atomic mass is 10.1. The van der Waals surface area contributed by atoms with Crippen LogP contribution in [0.3, 0.4) is 0 Å². The van der Waals surface area contributed by atoms with Gasteiger partial charge < -0.3 is 5.11 Å². The molecule has 88 valence electrons. The van der Waals surface area contributed by atoms with Crippen molar-refractivity contribution in [2.75, 3.05) is 11.9 Å². The summed E-state index contributed by atoms with van der Waals surface area (Å²) in [6.45, 7) is 5.30. The Bertz CT molecular complexity index is 404. The van der Waals surface area contributed by atoms with Gasteiger partial charge in [-0.3, -0.25) is 15.4 Å². The molecule has 1 aromatic heterocycles. The van der Waals surface area contributed by atoms with Gasteiger partial charge in [-0.2, -0.15) is 0 Å². The number of aromatic amines is 1. The molecule has 1 heterocycles. The number of nitrogens with zero attached hydrogens (tertiary/aromatic N) is 1.